The van der Waals surface area contributed by atoms with Gasteiger partial charge in [0, 0.05) is 12.1 Å². The number of nitrogens with one attached hydrogen (secondary N) is 2. The fourth-order valence-electron chi connectivity index (χ4n) is 2.61. The number of anilines is 1. The van der Waals surface area contributed by atoms with Gasteiger partial charge in [-0.2, -0.15) is 0 Å². The number of benzene rings is 1. The molecule has 27 heavy (non-hydrogen) atoms. The lowest BCUT2D eigenvalue weighted by atomic mass is 10.1. The van der Waals surface area contributed by atoms with E-state index < -0.39 is 5.56 Å². The Morgan fingerprint density at radius 2 is 1.78 bits per heavy atom. The molecule has 0 fully saturated rings. The Hall–Kier alpha value is -3.09. The van der Waals surface area contributed by atoms with Gasteiger partial charge in [-0.1, -0.05) is 19.1 Å². The van der Waals surface area contributed by atoms with Crippen molar-refractivity contribution in [2.45, 2.75) is 39.8 Å². The maximum Gasteiger partial charge on any atom is 0.274 e. The van der Waals surface area contributed by atoms with E-state index in [0.29, 0.717) is 5.69 Å². The van der Waals surface area contributed by atoms with Crippen LogP contribution in [-0.4, -0.2) is 23.5 Å². The van der Waals surface area contributed by atoms with Crippen molar-refractivity contribution in [2.24, 2.45) is 0 Å². The van der Waals surface area contributed by atoms with Crippen molar-refractivity contribution in [1.82, 2.24) is 9.88 Å². The Morgan fingerprint density at radius 3 is 2.37 bits per heavy atom. The van der Waals surface area contributed by atoms with E-state index in [1.165, 1.54) is 4.57 Å². The highest BCUT2D eigenvalue weighted by Gasteiger charge is 2.14. The number of pyridine rings is 1. The topological polar surface area (TPSA) is 89.4 Å². The minimum Gasteiger partial charge on any atom is -0.497 e. The summed E-state index contributed by atoms with van der Waals surface area (Å²) in [6.07, 6.45) is 0.271. The van der Waals surface area contributed by atoms with Crippen molar-refractivity contribution in [1.29, 1.82) is 0 Å². The number of hydrogen-bond acceptors (Lipinski definition) is 4. The summed E-state index contributed by atoms with van der Waals surface area (Å²) >= 11 is 0. The summed E-state index contributed by atoms with van der Waals surface area (Å²) in [6.45, 7) is 5.19. The number of aromatic nitrogens is 1. The molecule has 1 aromatic carbocycles. The van der Waals surface area contributed by atoms with Crippen LogP contribution in [0, 0.1) is 6.92 Å². The third-order valence-electron chi connectivity index (χ3n) is 4.28. The van der Waals surface area contributed by atoms with Gasteiger partial charge < -0.3 is 19.9 Å². The number of hydrogen-bond donors (Lipinski definition) is 2. The summed E-state index contributed by atoms with van der Waals surface area (Å²) in [7, 11) is 1.59. The normalized spacial score (nSPS) is 11.6. The van der Waals surface area contributed by atoms with Crippen molar-refractivity contribution in [2.75, 3.05) is 12.4 Å². The molecule has 144 valence electrons. The van der Waals surface area contributed by atoms with Crippen LogP contribution in [0.3, 0.4) is 0 Å². The molecule has 7 nitrogen and oxygen atoms in total. The Morgan fingerprint density at radius 1 is 1.11 bits per heavy atom. The van der Waals surface area contributed by atoms with E-state index in [9.17, 15) is 14.4 Å². The summed E-state index contributed by atoms with van der Waals surface area (Å²) in [5.74, 6) is 0.202. The third kappa shape index (κ3) is 5.20. The number of carbonyl (C=O) groups is 2. The van der Waals surface area contributed by atoms with Gasteiger partial charge in [-0.3, -0.25) is 14.4 Å². The molecular formula is C20H25N3O4. The summed E-state index contributed by atoms with van der Waals surface area (Å²) < 4.78 is 6.48. The van der Waals surface area contributed by atoms with Gasteiger partial charge in [-0.05, 0) is 43.7 Å². The molecular weight excluding hydrogens is 346 g/mol. The first-order chi connectivity index (χ1) is 12.8. The lowest BCUT2D eigenvalue weighted by Gasteiger charge is -2.17. The second-order valence-corrected chi connectivity index (χ2v) is 6.24. The third-order valence-corrected chi connectivity index (χ3v) is 4.28. The predicted molar refractivity (Wildman–Crippen MR) is 104 cm³/mol. The first-order valence-corrected chi connectivity index (χ1v) is 8.79. The van der Waals surface area contributed by atoms with E-state index in [1.54, 1.807) is 33.1 Å². The fraction of sp³-hybridized carbons (Fsp3) is 0.350. The first kappa shape index (κ1) is 20.2. The number of aryl methyl sites for hydroxylation is 1. The second kappa shape index (κ2) is 9.02. The molecule has 0 saturated heterocycles. The van der Waals surface area contributed by atoms with Crippen LogP contribution in [0.4, 0.5) is 5.69 Å². The number of methoxy groups -OCH3 is 1. The minimum absolute atomic E-state index is 0.124. The van der Waals surface area contributed by atoms with E-state index in [4.69, 9.17) is 4.74 Å². The molecule has 0 aliphatic rings. The number of carbonyl (C=O) groups excluding carboxylic acids is 2. The van der Waals surface area contributed by atoms with E-state index >= 15 is 0 Å². The zero-order chi connectivity index (χ0) is 20.0. The molecule has 2 amide bonds. The number of ether oxygens (including phenoxy) is 1. The average Bonchev–Trinajstić information content (AvgIpc) is 2.67. The molecule has 0 aliphatic carbocycles. The zero-order valence-electron chi connectivity index (χ0n) is 16.0. The smallest absolute Gasteiger partial charge is 0.274 e. The maximum atomic E-state index is 12.6. The van der Waals surface area contributed by atoms with E-state index in [2.05, 4.69) is 10.6 Å². The lowest BCUT2D eigenvalue weighted by Crippen LogP contribution is -2.35. The average molecular weight is 371 g/mol. The van der Waals surface area contributed by atoms with Crippen molar-refractivity contribution >= 4 is 17.5 Å². The highest BCUT2D eigenvalue weighted by molar-refractivity contribution is 5.90. The highest BCUT2D eigenvalue weighted by Crippen LogP contribution is 2.17. The number of rotatable bonds is 7. The van der Waals surface area contributed by atoms with Crippen LogP contribution >= 0.6 is 0 Å². The summed E-state index contributed by atoms with van der Waals surface area (Å²) in [5, 5.41) is 5.44. The Balaban J connectivity index is 2.11. The molecule has 7 heteroatoms. The zero-order valence-corrected chi connectivity index (χ0v) is 16.0. The van der Waals surface area contributed by atoms with E-state index in [-0.39, 0.29) is 36.5 Å². The Labute approximate surface area is 158 Å². The van der Waals surface area contributed by atoms with Gasteiger partial charge in [0.2, 0.25) is 11.8 Å². The second-order valence-electron chi connectivity index (χ2n) is 6.24. The molecule has 1 atom stereocenters. The molecule has 0 aliphatic heterocycles. The molecule has 0 radical (unpaired) electrons. The molecule has 0 spiro atoms. The summed E-state index contributed by atoms with van der Waals surface area (Å²) in [5.41, 5.74) is 1.34. The van der Waals surface area contributed by atoms with Gasteiger partial charge in [0.15, 0.2) is 0 Å². The van der Waals surface area contributed by atoms with Gasteiger partial charge in [-0.25, -0.2) is 0 Å². The van der Waals surface area contributed by atoms with Crippen LogP contribution in [0.2, 0.25) is 0 Å². The quantitative estimate of drug-likeness (QED) is 0.782. The molecule has 1 aromatic heterocycles. The van der Waals surface area contributed by atoms with Crippen molar-refractivity contribution in [3.05, 3.63) is 58.0 Å². The Kier molecular flexibility index (Phi) is 6.76. The van der Waals surface area contributed by atoms with Crippen LogP contribution in [-0.2, 0) is 16.1 Å². The van der Waals surface area contributed by atoms with Gasteiger partial charge in [0.25, 0.3) is 5.56 Å². The standard InChI is InChI=1S/C20H25N3O4/c1-5-18(24)22-17-11-6-13(2)23(20(17)26)12-19(25)21-14(3)15-7-9-16(27-4)10-8-15/h6-11,14H,5,12H2,1-4H3,(H,21,25)(H,22,24). The van der Waals surface area contributed by atoms with Crippen LogP contribution in [0.15, 0.2) is 41.2 Å². The monoisotopic (exact) mass is 371 g/mol. The molecule has 2 N–H and O–H groups in total. The molecule has 0 bridgehead atoms. The molecule has 2 aromatic rings. The largest absolute Gasteiger partial charge is 0.497 e. The molecule has 1 heterocycles. The first-order valence-electron chi connectivity index (χ1n) is 8.79. The predicted octanol–water partition coefficient (Wildman–Crippen LogP) is 2.39. The number of amides is 2. The van der Waals surface area contributed by atoms with Crippen molar-refractivity contribution in [3.63, 3.8) is 0 Å². The minimum atomic E-state index is -0.399. The SMILES string of the molecule is CCC(=O)Nc1ccc(C)n(CC(=O)NC(C)c2ccc(OC)cc2)c1=O. The van der Waals surface area contributed by atoms with Crippen molar-refractivity contribution < 1.29 is 14.3 Å². The van der Waals surface area contributed by atoms with Crippen LogP contribution in [0.1, 0.15) is 37.6 Å². The fourth-order valence-corrected chi connectivity index (χ4v) is 2.61. The van der Waals surface area contributed by atoms with Gasteiger partial charge in [-0.15, -0.1) is 0 Å². The lowest BCUT2D eigenvalue weighted by molar-refractivity contribution is -0.122. The molecule has 0 saturated carbocycles. The van der Waals surface area contributed by atoms with E-state index in [0.717, 1.165) is 11.3 Å². The van der Waals surface area contributed by atoms with Crippen molar-refractivity contribution in [3.8, 4) is 5.75 Å². The molecule has 2 rings (SSSR count). The molecule has 1 unspecified atom stereocenters. The van der Waals surface area contributed by atoms with Crippen LogP contribution in [0.25, 0.3) is 0 Å². The summed E-state index contributed by atoms with van der Waals surface area (Å²) in [4.78, 5) is 36.5. The van der Waals surface area contributed by atoms with Gasteiger partial charge in [0.1, 0.15) is 18.0 Å². The van der Waals surface area contributed by atoms with Crippen LogP contribution in [0.5, 0.6) is 5.75 Å². The van der Waals surface area contributed by atoms with Gasteiger partial charge in [0.05, 0.1) is 13.2 Å². The highest BCUT2D eigenvalue weighted by atomic mass is 16.5. The number of nitrogens with zero attached hydrogens (tertiary/aromatic N) is 1. The van der Waals surface area contributed by atoms with Crippen LogP contribution < -0.4 is 20.9 Å². The van der Waals surface area contributed by atoms with E-state index in [1.807, 2.05) is 31.2 Å². The Bertz CT molecular complexity index is 872. The maximum absolute atomic E-state index is 12.6. The summed E-state index contributed by atoms with van der Waals surface area (Å²) in [6, 6.07) is 10.4. The van der Waals surface area contributed by atoms with Gasteiger partial charge >= 0.3 is 0 Å².